The molecular formula is C35H59N11O14. The van der Waals surface area contributed by atoms with Gasteiger partial charge in [0.25, 0.3) is 0 Å². The minimum atomic E-state index is -1.85. The van der Waals surface area contributed by atoms with Gasteiger partial charge in [-0.2, -0.15) is 0 Å². The molecule has 17 N–H and O–H groups in total. The van der Waals surface area contributed by atoms with Gasteiger partial charge >= 0.3 is 17.9 Å². The Hall–Kier alpha value is -6.11. The number of likely N-dealkylation sites (tertiary alicyclic amines) is 1. The number of hydrogen-bond donors (Lipinski definition) is 14. The number of carbonyl (C=O) groups excluding carboxylic acids is 7. The van der Waals surface area contributed by atoms with Crippen molar-refractivity contribution in [3.8, 4) is 0 Å². The van der Waals surface area contributed by atoms with Gasteiger partial charge in [-0.3, -0.25) is 48.6 Å². The van der Waals surface area contributed by atoms with Gasteiger partial charge in [-0.05, 0) is 57.8 Å². The number of rotatable bonds is 27. The average molecular weight is 858 g/mol. The zero-order chi connectivity index (χ0) is 45.9. The minimum absolute atomic E-state index is 0.0182. The number of amides is 7. The fraction of sp³-hybridized carbons (Fsp3) is 0.686. The number of primary amides is 1. The first-order valence-electron chi connectivity index (χ1n) is 19.2. The van der Waals surface area contributed by atoms with Crippen LogP contribution in [0, 0.1) is 11.3 Å². The topological polar surface area (TPSA) is 429 Å². The molecule has 0 aromatic carbocycles. The lowest BCUT2D eigenvalue weighted by molar-refractivity contribution is -0.145. The van der Waals surface area contributed by atoms with E-state index in [0.717, 1.165) is 11.8 Å². The van der Waals surface area contributed by atoms with Gasteiger partial charge in [0.15, 0.2) is 12.0 Å². The van der Waals surface area contributed by atoms with E-state index in [-0.39, 0.29) is 44.2 Å². The fourth-order valence-electron chi connectivity index (χ4n) is 6.09. The normalized spacial score (nSPS) is 17.0. The largest absolute Gasteiger partial charge is 0.481 e. The predicted molar refractivity (Wildman–Crippen MR) is 208 cm³/mol. The summed E-state index contributed by atoms with van der Waals surface area (Å²) in [5.74, 6) is -11.7. The molecule has 0 saturated carbocycles. The number of carboxylic acids is 3. The highest BCUT2D eigenvalue weighted by Gasteiger charge is 2.40. The molecule has 1 saturated heterocycles. The van der Waals surface area contributed by atoms with E-state index in [1.807, 2.05) is 5.32 Å². The second-order valence-corrected chi connectivity index (χ2v) is 14.8. The van der Waals surface area contributed by atoms with Gasteiger partial charge in [-0.1, -0.05) is 13.8 Å². The molecule has 60 heavy (non-hydrogen) atoms. The number of nitrogens with two attached hydrogens (primary N) is 3. The van der Waals surface area contributed by atoms with Crippen molar-refractivity contribution in [1.82, 2.24) is 36.8 Å². The summed E-state index contributed by atoms with van der Waals surface area (Å²) in [6.07, 6.45) is -3.90. The summed E-state index contributed by atoms with van der Waals surface area (Å²) in [5.41, 5.74) is 16.6. The Morgan fingerprint density at radius 3 is 1.72 bits per heavy atom. The summed E-state index contributed by atoms with van der Waals surface area (Å²) in [5, 5.41) is 59.0. The van der Waals surface area contributed by atoms with E-state index in [2.05, 4.69) is 26.6 Å². The van der Waals surface area contributed by atoms with Gasteiger partial charge in [0.2, 0.25) is 41.4 Å². The monoisotopic (exact) mass is 857 g/mol. The molecule has 0 bridgehead atoms. The molecular weight excluding hydrogens is 798 g/mol. The van der Waals surface area contributed by atoms with Crippen LogP contribution in [0.3, 0.4) is 0 Å². The third kappa shape index (κ3) is 18.6. The number of aliphatic carboxylic acids is 3. The molecule has 8 atom stereocenters. The number of guanidine groups is 1. The first-order valence-corrected chi connectivity index (χ1v) is 19.2. The smallest absolute Gasteiger partial charge is 0.328 e. The van der Waals surface area contributed by atoms with Crippen LogP contribution in [-0.4, -0.2) is 152 Å². The third-order valence-electron chi connectivity index (χ3n) is 9.15. The molecule has 0 aromatic heterocycles. The number of nitrogens with zero attached hydrogens (tertiary/aromatic N) is 1. The number of aliphatic hydroxyl groups is 1. The Balaban J connectivity index is 3.29. The number of hydrogen-bond acceptors (Lipinski definition) is 13. The molecule has 0 radical (unpaired) electrons. The molecule has 1 rings (SSSR count). The minimum Gasteiger partial charge on any atom is -0.481 e. The van der Waals surface area contributed by atoms with Gasteiger partial charge in [0, 0.05) is 25.9 Å². The molecule has 7 amide bonds. The number of carboxylic acid groups (broad SMARTS) is 3. The SMILES string of the molecule is CC(C)C[C@H](NC(=O)[C@@H]1CCCN1C(=O)[C@H](CC(N)=O)NC(=O)[C@@H](N)CCCNC(=N)N)C(=O)N[C@@H](CCC(=O)O)C(=O)N[C@@H](CCC(=O)O)C(=O)N[C@H](C(=O)O)[C@@H](C)O. The third-order valence-corrected chi connectivity index (χ3v) is 9.15. The van der Waals surface area contributed by atoms with Crippen molar-refractivity contribution in [1.29, 1.82) is 5.41 Å². The van der Waals surface area contributed by atoms with Crippen LogP contribution in [-0.2, 0) is 47.9 Å². The second kappa shape index (κ2) is 25.4. The van der Waals surface area contributed by atoms with E-state index < -0.39 is 140 Å². The average Bonchev–Trinajstić information content (AvgIpc) is 3.64. The van der Waals surface area contributed by atoms with Crippen molar-refractivity contribution >= 4 is 65.2 Å². The van der Waals surface area contributed by atoms with Crippen molar-refractivity contribution in [2.45, 2.75) is 133 Å². The lowest BCUT2D eigenvalue weighted by Crippen LogP contribution is -2.60. The summed E-state index contributed by atoms with van der Waals surface area (Å²) >= 11 is 0. The Morgan fingerprint density at radius 1 is 0.733 bits per heavy atom. The van der Waals surface area contributed by atoms with Crippen LogP contribution in [0.1, 0.15) is 85.0 Å². The number of aliphatic hydroxyl groups excluding tert-OH is 1. The van der Waals surface area contributed by atoms with Crippen molar-refractivity contribution < 1.29 is 68.4 Å². The molecule has 1 aliphatic rings. The van der Waals surface area contributed by atoms with Crippen LogP contribution < -0.4 is 49.1 Å². The van der Waals surface area contributed by atoms with Crippen molar-refractivity contribution in [2.75, 3.05) is 13.1 Å². The van der Waals surface area contributed by atoms with Crippen LogP contribution in [0.25, 0.3) is 0 Å². The Bertz CT molecular complexity index is 1590. The molecule has 1 aliphatic heterocycles. The molecule has 1 fully saturated rings. The van der Waals surface area contributed by atoms with Gasteiger partial charge in [-0.15, -0.1) is 0 Å². The van der Waals surface area contributed by atoms with E-state index >= 15 is 0 Å². The van der Waals surface area contributed by atoms with Crippen LogP contribution in [0.5, 0.6) is 0 Å². The van der Waals surface area contributed by atoms with Crippen molar-refractivity contribution in [3.05, 3.63) is 0 Å². The highest BCUT2D eigenvalue weighted by atomic mass is 16.4. The molecule has 338 valence electrons. The highest BCUT2D eigenvalue weighted by Crippen LogP contribution is 2.20. The van der Waals surface area contributed by atoms with Crippen molar-refractivity contribution in [3.63, 3.8) is 0 Å². The van der Waals surface area contributed by atoms with Gasteiger partial charge in [0.05, 0.1) is 18.6 Å². The van der Waals surface area contributed by atoms with Crippen LogP contribution in [0.4, 0.5) is 0 Å². The number of carbonyl (C=O) groups is 10. The molecule has 25 heteroatoms. The first kappa shape index (κ1) is 51.9. The molecule has 0 spiro atoms. The zero-order valence-electron chi connectivity index (χ0n) is 33.7. The van der Waals surface area contributed by atoms with Gasteiger partial charge < -0.3 is 74.4 Å². The van der Waals surface area contributed by atoms with Gasteiger partial charge in [-0.25, -0.2) is 4.79 Å². The standard InChI is InChI=1S/C35H59N11O14/c1-16(2)14-21(31(56)42-19(8-10-25(49)50)29(54)41-20(9-11-26(51)52)30(55)45-27(17(3)47)34(59)60)43-32(57)23-7-5-13-46(23)33(58)22(15-24(37)48)44-28(53)18(36)6-4-12-40-35(38)39/h16-23,27,47H,4-15,36H2,1-3H3,(H2,37,48)(H,41,54)(H,42,56)(H,43,57)(H,44,53)(H,45,55)(H,49,50)(H,51,52)(H,59,60)(H4,38,39,40)/t17-,18+,19+,20+,21+,22+,23+,27+/m1/s1. The first-order chi connectivity index (χ1) is 27.9. The van der Waals surface area contributed by atoms with Crippen LogP contribution in [0.2, 0.25) is 0 Å². The van der Waals surface area contributed by atoms with Crippen LogP contribution >= 0.6 is 0 Å². The summed E-state index contributed by atoms with van der Waals surface area (Å²) in [7, 11) is 0. The maximum absolute atomic E-state index is 13.8. The summed E-state index contributed by atoms with van der Waals surface area (Å²) in [4.78, 5) is 128. The van der Waals surface area contributed by atoms with E-state index in [0.29, 0.717) is 12.8 Å². The summed E-state index contributed by atoms with van der Waals surface area (Å²) in [6.45, 7) is 4.74. The maximum atomic E-state index is 13.8. The lowest BCUT2D eigenvalue weighted by Gasteiger charge is -2.30. The van der Waals surface area contributed by atoms with Gasteiger partial charge in [0.1, 0.15) is 30.2 Å². The second-order valence-electron chi connectivity index (χ2n) is 14.8. The number of nitrogens with one attached hydrogen (secondary N) is 7. The van der Waals surface area contributed by atoms with E-state index in [1.54, 1.807) is 13.8 Å². The van der Waals surface area contributed by atoms with Crippen molar-refractivity contribution in [2.24, 2.45) is 23.1 Å². The Kier molecular flexibility index (Phi) is 22.0. The lowest BCUT2D eigenvalue weighted by atomic mass is 10.0. The van der Waals surface area contributed by atoms with Crippen LogP contribution in [0.15, 0.2) is 0 Å². The molecule has 0 unspecified atom stereocenters. The summed E-state index contributed by atoms with van der Waals surface area (Å²) < 4.78 is 0. The van der Waals surface area contributed by atoms with E-state index in [4.69, 9.17) is 22.6 Å². The predicted octanol–water partition coefficient (Wildman–Crippen LogP) is -4.89. The van der Waals surface area contributed by atoms with E-state index in [1.165, 1.54) is 0 Å². The maximum Gasteiger partial charge on any atom is 0.328 e. The zero-order valence-corrected chi connectivity index (χ0v) is 33.7. The molecule has 25 nitrogen and oxygen atoms in total. The Labute approximate surface area is 345 Å². The molecule has 1 heterocycles. The highest BCUT2D eigenvalue weighted by molar-refractivity contribution is 5.98. The quantitative estimate of drug-likeness (QED) is 0.0209. The Morgan fingerprint density at radius 2 is 1.25 bits per heavy atom. The molecule has 0 aromatic rings. The summed E-state index contributed by atoms with van der Waals surface area (Å²) in [6, 6.07) is -10.5. The molecule has 0 aliphatic carbocycles. The van der Waals surface area contributed by atoms with E-state index in [9.17, 15) is 68.4 Å². The fourth-order valence-corrected chi connectivity index (χ4v) is 6.09.